The van der Waals surface area contributed by atoms with Crippen molar-refractivity contribution in [3.63, 3.8) is 0 Å². The van der Waals surface area contributed by atoms with Gasteiger partial charge in [0.05, 0.1) is 17.3 Å². The lowest BCUT2D eigenvalue weighted by Gasteiger charge is -2.36. The van der Waals surface area contributed by atoms with Crippen LogP contribution < -0.4 is 4.74 Å². The van der Waals surface area contributed by atoms with Crippen molar-refractivity contribution in [2.75, 3.05) is 13.2 Å². The SMILES string of the molecule is C=Nc1c(F)c(C)nc2c1C(=C)N1CCCC[C@H]1CO2.CC. The number of halogens is 1. The predicted molar refractivity (Wildman–Crippen MR) is 88.4 cm³/mol. The van der Waals surface area contributed by atoms with Gasteiger partial charge in [0.15, 0.2) is 5.82 Å². The molecule has 3 rings (SSSR count). The molecule has 2 aliphatic heterocycles. The lowest BCUT2D eigenvalue weighted by molar-refractivity contribution is 0.159. The monoisotopic (exact) mass is 305 g/mol. The minimum Gasteiger partial charge on any atom is -0.475 e. The highest BCUT2D eigenvalue weighted by Crippen LogP contribution is 2.41. The number of pyridine rings is 1. The van der Waals surface area contributed by atoms with Gasteiger partial charge in [-0.15, -0.1) is 0 Å². The Balaban J connectivity index is 0.000000847. The lowest BCUT2D eigenvalue weighted by atomic mass is 10.0. The molecule has 120 valence electrons. The van der Waals surface area contributed by atoms with Crippen molar-refractivity contribution >= 4 is 18.1 Å². The van der Waals surface area contributed by atoms with E-state index in [1.807, 2.05) is 13.8 Å². The maximum absolute atomic E-state index is 14.2. The van der Waals surface area contributed by atoms with E-state index < -0.39 is 5.82 Å². The molecular weight excluding hydrogens is 281 g/mol. The van der Waals surface area contributed by atoms with Crippen molar-refractivity contribution in [1.82, 2.24) is 9.88 Å². The highest BCUT2D eigenvalue weighted by molar-refractivity contribution is 5.78. The first-order valence-corrected chi connectivity index (χ1v) is 7.89. The Labute approximate surface area is 131 Å². The van der Waals surface area contributed by atoms with Crippen molar-refractivity contribution in [2.24, 2.45) is 4.99 Å². The normalized spacial score (nSPS) is 19.9. The van der Waals surface area contributed by atoms with E-state index in [0.717, 1.165) is 25.1 Å². The zero-order chi connectivity index (χ0) is 16.3. The Morgan fingerprint density at radius 2 is 2.09 bits per heavy atom. The quantitative estimate of drug-likeness (QED) is 0.733. The van der Waals surface area contributed by atoms with E-state index in [1.54, 1.807) is 6.92 Å². The van der Waals surface area contributed by atoms with Crippen LogP contribution in [0, 0.1) is 12.7 Å². The van der Waals surface area contributed by atoms with Crippen LogP contribution in [0.2, 0.25) is 0 Å². The minimum atomic E-state index is -0.445. The third kappa shape index (κ3) is 2.72. The van der Waals surface area contributed by atoms with E-state index in [4.69, 9.17) is 4.74 Å². The number of aromatic nitrogens is 1. The maximum atomic E-state index is 14.2. The molecule has 0 saturated carbocycles. The number of fused-ring (bicyclic) bond motifs is 2. The molecule has 0 aliphatic carbocycles. The van der Waals surface area contributed by atoms with Crippen LogP contribution in [0.4, 0.5) is 10.1 Å². The number of ether oxygens (including phenoxy) is 1. The van der Waals surface area contributed by atoms with Gasteiger partial charge in [-0.2, -0.15) is 0 Å². The van der Waals surface area contributed by atoms with Gasteiger partial charge in [0.1, 0.15) is 12.3 Å². The molecule has 1 aromatic rings. The molecule has 0 spiro atoms. The van der Waals surface area contributed by atoms with Crippen molar-refractivity contribution in [2.45, 2.75) is 46.1 Å². The molecule has 0 bridgehead atoms. The van der Waals surface area contributed by atoms with Crippen LogP contribution in [0.3, 0.4) is 0 Å². The van der Waals surface area contributed by atoms with E-state index in [2.05, 4.69) is 28.2 Å². The molecule has 5 heteroatoms. The smallest absolute Gasteiger partial charge is 0.225 e. The summed E-state index contributed by atoms with van der Waals surface area (Å²) in [7, 11) is 0. The van der Waals surface area contributed by atoms with Gasteiger partial charge >= 0.3 is 0 Å². The molecule has 0 radical (unpaired) electrons. The summed E-state index contributed by atoms with van der Waals surface area (Å²) in [5.41, 5.74) is 1.77. The van der Waals surface area contributed by atoms with E-state index in [-0.39, 0.29) is 17.4 Å². The molecule has 1 fully saturated rings. The van der Waals surface area contributed by atoms with Crippen LogP contribution >= 0.6 is 0 Å². The number of hydrogen-bond acceptors (Lipinski definition) is 4. The predicted octanol–water partition coefficient (Wildman–Crippen LogP) is 4.11. The molecule has 4 nitrogen and oxygen atoms in total. The summed E-state index contributed by atoms with van der Waals surface area (Å²) in [5, 5.41) is 0. The van der Waals surface area contributed by atoms with Crippen molar-refractivity contribution in [1.29, 1.82) is 0 Å². The molecule has 0 aromatic carbocycles. The van der Waals surface area contributed by atoms with Gasteiger partial charge < -0.3 is 9.64 Å². The van der Waals surface area contributed by atoms with Crippen LogP contribution in [0.5, 0.6) is 5.88 Å². The average molecular weight is 305 g/mol. The minimum absolute atomic E-state index is 0.198. The van der Waals surface area contributed by atoms with Gasteiger partial charge in [-0.1, -0.05) is 20.4 Å². The number of aliphatic imine (C=N–C) groups is 1. The standard InChI is InChI=1S/C15H18FN3O.C2H6/c1-9-13(16)14(17-3)12-10(2)19-7-5-4-6-11(19)8-20-15(12)18-9;1-2/h11H,2-8H2,1H3;1-2H3/t11-;/m0./s1. The lowest BCUT2D eigenvalue weighted by Crippen LogP contribution is -2.40. The summed E-state index contributed by atoms with van der Waals surface area (Å²) in [4.78, 5) is 10.3. The van der Waals surface area contributed by atoms with Crippen molar-refractivity contribution < 1.29 is 9.13 Å². The molecular formula is C17H24FN3O. The highest BCUT2D eigenvalue weighted by atomic mass is 19.1. The van der Waals surface area contributed by atoms with Crippen LogP contribution in [-0.4, -0.2) is 35.8 Å². The van der Waals surface area contributed by atoms with E-state index in [9.17, 15) is 4.39 Å². The summed E-state index contributed by atoms with van der Waals surface area (Å²) in [6.07, 6.45) is 3.36. The van der Waals surface area contributed by atoms with Gasteiger partial charge in [-0.25, -0.2) is 9.37 Å². The molecule has 0 unspecified atom stereocenters. The van der Waals surface area contributed by atoms with E-state index in [1.165, 1.54) is 6.42 Å². The second-order valence-electron chi connectivity index (χ2n) is 5.30. The second kappa shape index (κ2) is 6.90. The first-order chi connectivity index (χ1) is 10.6. The van der Waals surface area contributed by atoms with Gasteiger partial charge in [0, 0.05) is 12.2 Å². The fraction of sp³-hybridized carbons (Fsp3) is 0.529. The molecule has 0 amide bonds. The maximum Gasteiger partial charge on any atom is 0.225 e. The summed E-state index contributed by atoms with van der Waals surface area (Å²) in [6.45, 7) is 14.7. The third-order valence-corrected chi connectivity index (χ3v) is 4.08. The Kier molecular flexibility index (Phi) is 5.16. The van der Waals surface area contributed by atoms with Crippen LogP contribution in [0.15, 0.2) is 11.6 Å². The molecule has 2 aliphatic rings. The number of aryl methyl sites for hydroxylation is 1. The summed E-state index contributed by atoms with van der Waals surface area (Å²) < 4.78 is 20.0. The van der Waals surface area contributed by atoms with Gasteiger partial charge in [0.25, 0.3) is 0 Å². The van der Waals surface area contributed by atoms with E-state index >= 15 is 0 Å². The average Bonchev–Trinajstić information content (AvgIpc) is 2.69. The van der Waals surface area contributed by atoms with Gasteiger partial charge in [0.2, 0.25) is 5.88 Å². The Morgan fingerprint density at radius 3 is 2.77 bits per heavy atom. The highest BCUT2D eigenvalue weighted by Gasteiger charge is 2.32. The molecule has 1 saturated heterocycles. The topological polar surface area (TPSA) is 37.7 Å². The first kappa shape index (κ1) is 16.5. The van der Waals surface area contributed by atoms with Crippen LogP contribution in [0.1, 0.15) is 44.4 Å². The summed E-state index contributed by atoms with van der Waals surface area (Å²) >= 11 is 0. The summed E-state index contributed by atoms with van der Waals surface area (Å²) in [5.74, 6) is -0.0235. The second-order valence-corrected chi connectivity index (χ2v) is 5.30. The number of rotatable bonds is 1. The molecule has 1 aromatic heterocycles. The van der Waals surface area contributed by atoms with Crippen molar-refractivity contribution in [3.05, 3.63) is 23.7 Å². The van der Waals surface area contributed by atoms with Gasteiger partial charge in [-0.05, 0) is 32.9 Å². The van der Waals surface area contributed by atoms with Gasteiger partial charge in [-0.3, -0.25) is 4.99 Å². The Hall–Kier alpha value is -1.91. The zero-order valence-electron chi connectivity index (χ0n) is 13.7. The number of piperidine rings is 1. The van der Waals surface area contributed by atoms with Crippen molar-refractivity contribution in [3.8, 4) is 5.88 Å². The molecule has 3 heterocycles. The fourth-order valence-corrected chi connectivity index (χ4v) is 3.00. The van der Waals surface area contributed by atoms with Crippen LogP contribution in [-0.2, 0) is 0 Å². The molecule has 1 atom stereocenters. The fourth-order valence-electron chi connectivity index (χ4n) is 3.00. The Morgan fingerprint density at radius 1 is 1.36 bits per heavy atom. The Bertz CT molecular complexity index is 586. The first-order valence-electron chi connectivity index (χ1n) is 7.89. The molecule has 22 heavy (non-hydrogen) atoms. The number of nitrogens with zero attached hydrogens (tertiary/aromatic N) is 3. The zero-order valence-corrected chi connectivity index (χ0v) is 13.7. The van der Waals surface area contributed by atoms with E-state index in [0.29, 0.717) is 18.1 Å². The summed E-state index contributed by atoms with van der Waals surface area (Å²) in [6, 6.07) is 0.284. The number of hydrogen-bond donors (Lipinski definition) is 0. The third-order valence-electron chi connectivity index (χ3n) is 4.08. The van der Waals surface area contributed by atoms with Crippen LogP contribution in [0.25, 0.3) is 5.70 Å². The molecule has 0 N–H and O–H groups in total. The largest absolute Gasteiger partial charge is 0.475 e.